The molecule has 0 radical (unpaired) electrons. The fourth-order valence-corrected chi connectivity index (χ4v) is 1.84. The minimum atomic E-state index is -1.03. The third-order valence-corrected chi connectivity index (χ3v) is 3.03. The van der Waals surface area contributed by atoms with Gasteiger partial charge in [0.15, 0.2) is 0 Å². The van der Waals surface area contributed by atoms with Gasteiger partial charge in [-0.15, -0.1) is 0 Å². The molecule has 1 N–H and O–H groups in total. The summed E-state index contributed by atoms with van der Waals surface area (Å²) in [4.78, 5) is 49.0. The van der Waals surface area contributed by atoms with Gasteiger partial charge in [0.1, 0.15) is 0 Å². The van der Waals surface area contributed by atoms with E-state index in [-0.39, 0.29) is 108 Å². The summed E-state index contributed by atoms with van der Waals surface area (Å²) in [5.74, 6) is -1.03. The standard InChI is InChI=1S/C12H24N4O2.2CO2.3Na/c1-14-5-3-13-4-6-16(11-12(17)18)10-9-15(2)8-7-14;2*2-1-3;;;/h13H,1-11H2,(H,17,18);;;;;/q-2;;;3*+1/p-1. The van der Waals surface area contributed by atoms with Crippen LogP contribution in [0, 0.1) is 14.1 Å². The van der Waals surface area contributed by atoms with Crippen molar-refractivity contribution in [1.82, 2.24) is 20.0 Å². The van der Waals surface area contributed by atoms with Gasteiger partial charge in [0.2, 0.25) is 0 Å². The summed E-state index contributed by atoms with van der Waals surface area (Å²) in [5, 5.41) is 13.9. The number of carbonyl (C=O) groups is 1. The number of carboxylic acids is 1. The Morgan fingerprint density at radius 3 is 1.63 bits per heavy atom. The van der Waals surface area contributed by atoms with Gasteiger partial charge < -0.3 is 25.0 Å². The number of hydrogen-bond acceptors (Lipinski definition) is 10. The van der Waals surface area contributed by atoms with E-state index in [1.807, 2.05) is 14.7 Å². The average molecular weight is 412 g/mol. The van der Waals surface area contributed by atoms with Crippen molar-refractivity contribution in [1.29, 1.82) is 0 Å². The van der Waals surface area contributed by atoms with Crippen molar-refractivity contribution in [3.05, 3.63) is 14.1 Å². The van der Waals surface area contributed by atoms with E-state index in [0.29, 0.717) is 13.1 Å². The van der Waals surface area contributed by atoms with E-state index in [0.717, 1.165) is 39.3 Å². The monoisotopic (exact) mass is 412 g/mol. The Hall–Kier alpha value is 1.07. The normalized spacial score (nSPS) is 16.1. The summed E-state index contributed by atoms with van der Waals surface area (Å²) in [7, 11) is 7.90. The maximum atomic E-state index is 10.6. The second-order valence-electron chi connectivity index (χ2n) is 4.80. The zero-order valence-corrected chi connectivity index (χ0v) is 22.6. The van der Waals surface area contributed by atoms with Gasteiger partial charge in [-0.05, 0) is 26.2 Å². The first-order valence-corrected chi connectivity index (χ1v) is 7.13. The quantitative estimate of drug-likeness (QED) is 0.345. The van der Waals surface area contributed by atoms with Crippen molar-refractivity contribution in [3.8, 4) is 0 Å². The van der Waals surface area contributed by atoms with E-state index >= 15 is 0 Å². The molecule has 1 rings (SSSR count). The third-order valence-electron chi connectivity index (χ3n) is 3.03. The third kappa shape index (κ3) is 32.0. The molecule has 0 aromatic heterocycles. The number of nitrogens with zero attached hydrogens (tertiary/aromatic N) is 3. The van der Waals surface area contributed by atoms with Gasteiger partial charge in [-0.25, -0.2) is 0 Å². The SMILES string of the molecule is O=C=O.O=C=O.[CH2-]N1CCNCCN(CC(=O)[O-])CCN([CH2-])CC1.[Na+].[Na+].[Na+]. The van der Waals surface area contributed by atoms with Crippen LogP contribution in [-0.4, -0.2) is 91.9 Å². The van der Waals surface area contributed by atoms with E-state index in [9.17, 15) is 9.90 Å². The topological polar surface area (TPSA) is 130 Å². The molecule has 0 unspecified atom stereocenters. The number of carboxylic acid groups (broad SMARTS) is 1. The van der Waals surface area contributed by atoms with Crippen LogP contribution in [0.2, 0.25) is 0 Å². The Kier molecular flexibility index (Phi) is 41.9. The number of rotatable bonds is 2. The Bertz CT molecular complexity index is 396. The molecule has 0 atom stereocenters. The molecule has 1 heterocycles. The van der Waals surface area contributed by atoms with E-state index in [1.165, 1.54) is 0 Å². The molecule has 0 spiro atoms. The van der Waals surface area contributed by atoms with E-state index < -0.39 is 5.97 Å². The van der Waals surface area contributed by atoms with Crippen LogP contribution in [0.3, 0.4) is 0 Å². The molecule has 0 aromatic rings. The van der Waals surface area contributed by atoms with E-state index in [2.05, 4.69) is 19.4 Å². The van der Waals surface area contributed by atoms with Crippen LogP contribution in [0.15, 0.2) is 0 Å². The molecule has 10 nitrogen and oxygen atoms in total. The van der Waals surface area contributed by atoms with Crippen molar-refractivity contribution in [2.24, 2.45) is 0 Å². The maximum absolute atomic E-state index is 10.6. The summed E-state index contributed by atoms with van der Waals surface area (Å²) in [6.45, 7) is 6.36. The van der Waals surface area contributed by atoms with Crippen molar-refractivity contribution >= 4 is 18.3 Å². The molecule has 1 fully saturated rings. The van der Waals surface area contributed by atoms with Gasteiger partial charge in [-0.2, -0.15) is 19.2 Å². The van der Waals surface area contributed by atoms with Crippen LogP contribution < -0.4 is 99.1 Å². The van der Waals surface area contributed by atoms with Crippen LogP contribution in [-0.2, 0) is 24.0 Å². The molecule has 13 heteroatoms. The van der Waals surface area contributed by atoms with Crippen LogP contribution >= 0.6 is 0 Å². The number of nitrogens with one attached hydrogen (secondary N) is 1. The molecule has 1 aliphatic heterocycles. The molecule has 0 aliphatic carbocycles. The molecule has 0 bridgehead atoms. The predicted octanol–water partition coefficient (Wildman–Crippen LogP) is -12.3. The smallest absolute Gasteiger partial charge is 0.549 e. The summed E-state index contributed by atoms with van der Waals surface area (Å²) in [6.07, 6.45) is 0.500. The minimum absolute atomic E-state index is 0. The first-order chi connectivity index (χ1) is 11.4. The predicted molar refractivity (Wildman–Crippen MR) is 78.2 cm³/mol. The fourth-order valence-electron chi connectivity index (χ4n) is 1.84. The van der Waals surface area contributed by atoms with Crippen molar-refractivity contribution in [2.75, 3.05) is 58.9 Å². The Balaban J connectivity index is -0.000000159. The van der Waals surface area contributed by atoms with Crippen LogP contribution in [0.5, 0.6) is 0 Å². The summed E-state index contributed by atoms with van der Waals surface area (Å²) >= 11 is 0. The van der Waals surface area contributed by atoms with E-state index in [4.69, 9.17) is 19.2 Å². The van der Waals surface area contributed by atoms with Gasteiger partial charge in [-0.1, -0.05) is 0 Å². The van der Waals surface area contributed by atoms with Crippen LogP contribution in [0.4, 0.5) is 0 Å². The van der Waals surface area contributed by atoms with Gasteiger partial charge in [0.05, 0.1) is 5.97 Å². The van der Waals surface area contributed by atoms with Crippen molar-refractivity contribution in [2.45, 2.75) is 0 Å². The second-order valence-corrected chi connectivity index (χ2v) is 4.80. The largest absolute Gasteiger partial charge is 1.00 e. The van der Waals surface area contributed by atoms with Crippen LogP contribution in [0.1, 0.15) is 0 Å². The number of hydrogen-bond donors (Lipinski definition) is 1. The van der Waals surface area contributed by atoms with Gasteiger partial charge in [0, 0.05) is 32.7 Å². The van der Waals surface area contributed by atoms with Crippen molar-refractivity contribution < 1.29 is 118 Å². The molecular weight excluding hydrogens is 389 g/mol. The molecular formula is C14H23N4Na3O6. The Labute approximate surface area is 226 Å². The zero-order valence-electron chi connectivity index (χ0n) is 16.6. The summed E-state index contributed by atoms with van der Waals surface area (Å²) < 4.78 is 0. The second kappa shape index (κ2) is 29.3. The molecule has 1 aliphatic rings. The number of carbonyl (C=O) groups excluding carboxylic acids is 5. The maximum Gasteiger partial charge on any atom is 1.00 e. The molecule has 0 aromatic carbocycles. The molecule has 27 heavy (non-hydrogen) atoms. The summed E-state index contributed by atoms with van der Waals surface area (Å²) in [5.41, 5.74) is 0. The minimum Gasteiger partial charge on any atom is -0.549 e. The molecule has 0 saturated carbocycles. The van der Waals surface area contributed by atoms with Gasteiger partial charge in [0.25, 0.3) is 0 Å². The fraction of sp³-hybridized carbons (Fsp3) is 0.643. The molecule has 1 saturated heterocycles. The van der Waals surface area contributed by atoms with Crippen LogP contribution in [0.25, 0.3) is 0 Å². The number of aliphatic carboxylic acids is 1. The zero-order chi connectivity index (χ0) is 18.8. The first kappa shape index (κ1) is 38.6. The Morgan fingerprint density at radius 2 is 1.19 bits per heavy atom. The average Bonchev–Trinajstić information content (AvgIpc) is 2.50. The first-order valence-electron chi connectivity index (χ1n) is 7.13. The Morgan fingerprint density at radius 1 is 0.815 bits per heavy atom. The van der Waals surface area contributed by atoms with Gasteiger partial charge >= 0.3 is 101 Å². The van der Waals surface area contributed by atoms with E-state index in [1.54, 1.807) is 0 Å². The van der Waals surface area contributed by atoms with Crippen molar-refractivity contribution in [3.63, 3.8) is 0 Å². The molecule has 138 valence electrons. The summed E-state index contributed by atoms with van der Waals surface area (Å²) in [6, 6.07) is 0. The molecule has 0 amide bonds. The van der Waals surface area contributed by atoms with Gasteiger partial charge in [-0.3, -0.25) is 19.0 Å².